The third-order valence-corrected chi connectivity index (χ3v) is 12.3. The molecule has 6 nitrogen and oxygen atoms in total. The van der Waals surface area contributed by atoms with Gasteiger partial charge in [0.1, 0.15) is 13.2 Å². The van der Waals surface area contributed by atoms with Crippen molar-refractivity contribution in [3.05, 3.63) is 97.2 Å². The van der Waals surface area contributed by atoms with Gasteiger partial charge in [0.2, 0.25) is 0 Å². The van der Waals surface area contributed by atoms with Crippen molar-refractivity contribution in [2.75, 3.05) is 13.2 Å². The number of ether oxygens (including phenoxy) is 3. The first-order valence-corrected chi connectivity index (χ1v) is 29.2. The lowest BCUT2D eigenvalue weighted by molar-refractivity contribution is -0.166. The maximum atomic E-state index is 12.8. The highest BCUT2D eigenvalue weighted by Crippen LogP contribution is 2.15. The second-order valence-corrected chi connectivity index (χ2v) is 19.2. The lowest BCUT2D eigenvalue weighted by Gasteiger charge is -2.18. The number of esters is 3. The monoisotopic (exact) mass is 973 g/mol. The van der Waals surface area contributed by atoms with Gasteiger partial charge in [-0.25, -0.2) is 0 Å². The standard InChI is InChI=1S/C64H108O6/c1-4-7-10-13-16-19-22-25-26-27-28-29-30-31-32-33-34-35-36-37-38-40-42-45-48-51-54-57-63(66)69-60-61(59-68-62(65)56-53-50-47-44-41-24-21-18-15-12-9-6-3)70-64(67)58-55-52-49-46-43-39-23-20-17-14-11-8-5-2/h8,11,17-18,20-22,25,27-28,30-31,39,43,49,52,61H,4-7,9-10,12-16,19,23-24,26,29,32-38,40-42,44-48,50-51,53-60H2,1-3H3/b11-8-,20-17-,21-18-,25-22-,28-27-,31-30-,43-39-,52-49-. The van der Waals surface area contributed by atoms with Gasteiger partial charge in [-0.3, -0.25) is 14.4 Å². The predicted molar refractivity (Wildman–Crippen MR) is 302 cm³/mol. The van der Waals surface area contributed by atoms with Gasteiger partial charge in [-0.2, -0.15) is 0 Å². The highest BCUT2D eigenvalue weighted by molar-refractivity contribution is 5.71. The molecule has 0 aliphatic carbocycles. The average Bonchev–Trinajstić information content (AvgIpc) is 3.36. The Labute approximate surface area is 432 Å². The quantitative estimate of drug-likeness (QED) is 0.0262. The van der Waals surface area contributed by atoms with E-state index in [0.29, 0.717) is 19.3 Å². The van der Waals surface area contributed by atoms with Crippen LogP contribution in [0.1, 0.15) is 271 Å². The molecule has 0 aliphatic rings. The van der Waals surface area contributed by atoms with Gasteiger partial charge in [-0.15, -0.1) is 0 Å². The molecule has 0 bridgehead atoms. The Hall–Kier alpha value is -3.67. The lowest BCUT2D eigenvalue weighted by atomic mass is 10.0. The van der Waals surface area contributed by atoms with Crippen molar-refractivity contribution in [1.82, 2.24) is 0 Å². The molecule has 400 valence electrons. The van der Waals surface area contributed by atoms with Crippen LogP contribution in [0.4, 0.5) is 0 Å². The lowest BCUT2D eigenvalue weighted by Crippen LogP contribution is -2.30. The molecule has 0 saturated carbocycles. The summed E-state index contributed by atoms with van der Waals surface area (Å²) in [5.74, 6) is -1.00. The third kappa shape index (κ3) is 55.3. The Bertz CT molecular complexity index is 1400. The van der Waals surface area contributed by atoms with Crippen LogP contribution in [-0.2, 0) is 28.6 Å². The molecule has 0 saturated heterocycles. The first-order valence-electron chi connectivity index (χ1n) is 29.2. The molecule has 0 aromatic rings. The van der Waals surface area contributed by atoms with E-state index in [1.807, 2.05) is 12.2 Å². The van der Waals surface area contributed by atoms with Gasteiger partial charge >= 0.3 is 17.9 Å². The Morgan fingerprint density at radius 3 is 0.971 bits per heavy atom. The largest absolute Gasteiger partial charge is 0.462 e. The van der Waals surface area contributed by atoms with E-state index in [2.05, 4.69) is 106 Å². The van der Waals surface area contributed by atoms with Gasteiger partial charge in [-0.05, 0) is 109 Å². The van der Waals surface area contributed by atoms with Crippen molar-refractivity contribution < 1.29 is 28.6 Å². The van der Waals surface area contributed by atoms with E-state index in [0.717, 1.165) is 89.9 Å². The molecule has 0 fully saturated rings. The van der Waals surface area contributed by atoms with Gasteiger partial charge < -0.3 is 14.2 Å². The summed E-state index contributed by atoms with van der Waals surface area (Å²) in [5.41, 5.74) is 0. The van der Waals surface area contributed by atoms with Crippen molar-refractivity contribution >= 4 is 17.9 Å². The average molecular weight is 974 g/mol. The minimum Gasteiger partial charge on any atom is -0.462 e. The number of hydrogen-bond donors (Lipinski definition) is 0. The second kappa shape index (κ2) is 57.9. The van der Waals surface area contributed by atoms with E-state index >= 15 is 0 Å². The van der Waals surface area contributed by atoms with Crippen LogP contribution in [0.3, 0.4) is 0 Å². The summed E-state index contributed by atoms with van der Waals surface area (Å²) in [7, 11) is 0. The van der Waals surface area contributed by atoms with Crippen molar-refractivity contribution in [3.8, 4) is 0 Å². The fourth-order valence-electron chi connectivity index (χ4n) is 7.93. The molecule has 1 unspecified atom stereocenters. The van der Waals surface area contributed by atoms with Crippen LogP contribution in [0.2, 0.25) is 0 Å². The zero-order chi connectivity index (χ0) is 50.7. The summed E-state index contributed by atoms with van der Waals surface area (Å²) in [5, 5.41) is 0. The van der Waals surface area contributed by atoms with Crippen molar-refractivity contribution in [2.45, 2.75) is 277 Å². The fourth-order valence-corrected chi connectivity index (χ4v) is 7.93. The summed E-state index contributed by atoms with van der Waals surface area (Å²) < 4.78 is 16.7. The third-order valence-electron chi connectivity index (χ3n) is 12.3. The molecule has 0 amide bonds. The molecule has 1 atom stereocenters. The second-order valence-electron chi connectivity index (χ2n) is 19.2. The number of carbonyl (C=O) groups excluding carboxylic acids is 3. The summed E-state index contributed by atoms with van der Waals surface area (Å²) in [6.07, 6.45) is 77.1. The molecule has 0 aromatic carbocycles. The molecule has 0 rings (SSSR count). The van der Waals surface area contributed by atoms with Gasteiger partial charge in [-0.1, -0.05) is 240 Å². The Kier molecular flexibility index (Phi) is 54.9. The number of hydrogen-bond acceptors (Lipinski definition) is 6. The van der Waals surface area contributed by atoms with Gasteiger partial charge in [0.25, 0.3) is 0 Å². The van der Waals surface area contributed by atoms with E-state index in [-0.39, 0.29) is 31.6 Å². The van der Waals surface area contributed by atoms with Gasteiger partial charge in [0, 0.05) is 19.3 Å². The summed E-state index contributed by atoms with van der Waals surface area (Å²) >= 11 is 0. The molecule has 0 N–H and O–H groups in total. The van der Waals surface area contributed by atoms with Crippen LogP contribution in [0.5, 0.6) is 0 Å². The fraction of sp³-hybridized carbons (Fsp3) is 0.703. The number of unbranched alkanes of at least 4 members (excludes halogenated alkanes) is 25. The van der Waals surface area contributed by atoms with Crippen LogP contribution in [-0.4, -0.2) is 37.2 Å². The number of rotatable bonds is 52. The van der Waals surface area contributed by atoms with E-state index in [1.165, 1.54) is 135 Å². The van der Waals surface area contributed by atoms with Crippen LogP contribution in [0.25, 0.3) is 0 Å². The number of carbonyl (C=O) groups is 3. The predicted octanol–water partition coefficient (Wildman–Crippen LogP) is 19.7. The first kappa shape index (κ1) is 66.3. The Morgan fingerprint density at radius 2 is 0.586 bits per heavy atom. The molecule has 0 spiro atoms. The zero-order valence-electron chi connectivity index (χ0n) is 45.8. The summed E-state index contributed by atoms with van der Waals surface area (Å²) in [4.78, 5) is 38.0. The van der Waals surface area contributed by atoms with Gasteiger partial charge in [0.15, 0.2) is 6.10 Å². The molecule has 0 aliphatic heterocycles. The minimum atomic E-state index is -0.819. The highest BCUT2D eigenvalue weighted by Gasteiger charge is 2.19. The Balaban J connectivity index is 4.28. The molecule has 6 heteroatoms. The maximum Gasteiger partial charge on any atom is 0.306 e. The molecule has 0 heterocycles. The minimum absolute atomic E-state index is 0.110. The smallest absolute Gasteiger partial charge is 0.306 e. The van der Waals surface area contributed by atoms with E-state index < -0.39 is 12.1 Å². The van der Waals surface area contributed by atoms with Crippen LogP contribution in [0.15, 0.2) is 97.2 Å². The van der Waals surface area contributed by atoms with Crippen molar-refractivity contribution in [1.29, 1.82) is 0 Å². The van der Waals surface area contributed by atoms with E-state index in [1.54, 1.807) is 0 Å². The summed E-state index contributed by atoms with van der Waals surface area (Å²) in [6.45, 7) is 6.42. The molecule has 0 radical (unpaired) electrons. The van der Waals surface area contributed by atoms with Crippen molar-refractivity contribution in [3.63, 3.8) is 0 Å². The zero-order valence-corrected chi connectivity index (χ0v) is 45.8. The van der Waals surface area contributed by atoms with Crippen LogP contribution in [0, 0.1) is 0 Å². The van der Waals surface area contributed by atoms with Crippen LogP contribution >= 0.6 is 0 Å². The normalized spacial score (nSPS) is 12.8. The summed E-state index contributed by atoms with van der Waals surface area (Å²) in [6, 6.07) is 0. The molecule has 0 aromatic heterocycles. The topological polar surface area (TPSA) is 78.9 Å². The first-order chi connectivity index (χ1) is 34.5. The molecular weight excluding hydrogens is 865 g/mol. The van der Waals surface area contributed by atoms with Gasteiger partial charge in [0.05, 0.1) is 0 Å². The SMILES string of the molecule is CC/C=C\C/C=C\C/C=C\C/C=C\CCC(=O)OC(COC(=O)CCCCCCC/C=C\CCCCC)COC(=O)CCCCCCCCCCCCCC/C=C\C/C=C\C/C=C\CCCCCCC. The maximum absolute atomic E-state index is 12.8. The number of allylic oxidation sites excluding steroid dienone is 16. The van der Waals surface area contributed by atoms with E-state index in [9.17, 15) is 14.4 Å². The van der Waals surface area contributed by atoms with Crippen LogP contribution < -0.4 is 0 Å². The van der Waals surface area contributed by atoms with Crippen molar-refractivity contribution in [2.24, 2.45) is 0 Å². The highest BCUT2D eigenvalue weighted by atomic mass is 16.6. The van der Waals surface area contributed by atoms with E-state index in [4.69, 9.17) is 14.2 Å². The molecule has 70 heavy (non-hydrogen) atoms. The molecular formula is C64H108O6. The Morgan fingerprint density at radius 1 is 0.300 bits per heavy atom.